The number of aliphatic hydroxyl groups excluding tert-OH is 3. The second-order valence-electron chi connectivity index (χ2n) is 17.1. The summed E-state index contributed by atoms with van der Waals surface area (Å²) in [6, 6.07) is 0. The van der Waals surface area contributed by atoms with Gasteiger partial charge in [-0.05, 0) is 44.9 Å². The molecule has 1 aliphatic heterocycles. The molecule has 12 nitrogen and oxygen atoms in total. The molecule has 0 amide bonds. The molecule has 0 aromatic carbocycles. The summed E-state index contributed by atoms with van der Waals surface area (Å²) in [7, 11) is -4.60. The molecule has 0 aromatic heterocycles. The first kappa shape index (κ1) is 57.1. The number of aliphatic hydroxyl groups is 3. The molecule has 0 spiro atoms. The number of esters is 2. The summed E-state index contributed by atoms with van der Waals surface area (Å²) in [6.45, 7) is 3.75. The second kappa shape index (κ2) is 38.6. The predicted molar refractivity (Wildman–Crippen MR) is 243 cm³/mol. The van der Waals surface area contributed by atoms with Gasteiger partial charge in [0.25, 0.3) is 10.1 Å². The Morgan fingerprint density at radius 2 is 0.984 bits per heavy atom. The number of rotatable bonds is 41. The topological polar surface area (TPSA) is 186 Å². The zero-order valence-corrected chi connectivity index (χ0v) is 39.1. The molecular weight excluding hydrogens is 801 g/mol. The highest BCUT2D eigenvalue weighted by molar-refractivity contribution is 7.85. The van der Waals surface area contributed by atoms with Gasteiger partial charge in [-0.1, -0.05) is 179 Å². The lowest BCUT2D eigenvalue weighted by molar-refractivity contribution is -0.297. The fraction of sp³-hybridized carbons (Fsp3) is 0.875. The SMILES string of the molecule is CCCCC/C=C/C/C=C/CCCCCCCCCCCC(=O)O[C@H](COC(=O)CCCCCCCCCCCCCCCC)CO[C@H]1O[C@H](CS(=O)(=O)O)[C@@H](O)C(O)C1O. The largest absolute Gasteiger partial charge is 0.462 e. The molecule has 1 fully saturated rings. The number of hydrogen-bond donors (Lipinski definition) is 4. The first-order valence-electron chi connectivity index (χ1n) is 24.4. The highest BCUT2D eigenvalue weighted by atomic mass is 32.2. The lowest BCUT2D eigenvalue weighted by Gasteiger charge is -2.40. The summed E-state index contributed by atoms with van der Waals surface area (Å²) in [4.78, 5) is 25.5. The normalized spacial score (nSPS) is 20.1. The van der Waals surface area contributed by atoms with Crippen LogP contribution in [0.2, 0.25) is 0 Å². The van der Waals surface area contributed by atoms with E-state index in [0.29, 0.717) is 12.8 Å². The summed E-state index contributed by atoms with van der Waals surface area (Å²) in [5, 5.41) is 30.9. The van der Waals surface area contributed by atoms with Crippen LogP contribution in [0.1, 0.15) is 213 Å². The van der Waals surface area contributed by atoms with Gasteiger partial charge in [0.2, 0.25) is 0 Å². The Balaban J connectivity index is 2.40. The van der Waals surface area contributed by atoms with Crippen molar-refractivity contribution in [2.75, 3.05) is 19.0 Å². The van der Waals surface area contributed by atoms with E-state index in [1.807, 2.05) is 0 Å². The Hall–Kier alpha value is -1.87. The Morgan fingerprint density at radius 3 is 1.48 bits per heavy atom. The van der Waals surface area contributed by atoms with Crippen molar-refractivity contribution in [3.63, 3.8) is 0 Å². The number of unbranched alkanes of at least 4 members (excludes halogenated alkanes) is 25. The summed E-state index contributed by atoms with van der Waals surface area (Å²) >= 11 is 0. The molecule has 6 atom stereocenters. The smallest absolute Gasteiger partial charge is 0.306 e. The molecule has 1 heterocycles. The number of carbonyl (C=O) groups excluding carboxylic acids is 2. The van der Waals surface area contributed by atoms with Crippen LogP contribution in [0.15, 0.2) is 24.3 Å². The van der Waals surface area contributed by atoms with Crippen molar-refractivity contribution in [3.05, 3.63) is 24.3 Å². The van der Waals surface area contributed by atoms with Gasteiger partial charge in [0.05, 0.1) is 6.61 Å². The molecule has 1 saturated heterocycles. The van der Waals surface area contributed by atoms with Crippen molar-refractivity contribution in [2.45, 2.75) is 250 Å². The van der Waals surface area contributed by atoms with Crippen LogP contribution < -0.4 is 0 Å². The van der Waals surface area contributed by atoms with Crippen molar-refractivity contribution < 1.29 is 56.8 Å². The summed E-state index contributed by atoms with van der Waals surface area (Å²) < 4.78 is 54.1. The standard InChI is InChI=1S/C48H88O12S/c1-3-5-7-9-11-13-15-17-19-20-21-22-23-25-27-29-31-33-35-37-44(50)59-41(39-58-48-47(53)46(52)45(51)42(60-48)40-61(54,55)56)38-57-43(49)36-34-32-30-28-26-24-18-16-14-12-10-8-6-4-2/h11,13,17,19,41-42,45-48,51-53H,3-10,12,14-16,18,20-40H2,1-2H3,(H,54,55,56)/b13-11+,19-17+/t41-,42-,45-,46?,47?,48+/m1/s1. The molecular formula is C48H88O12S. The van der Waals surface area contributed by atoms with Gasteiger partial charge in [0.15, 0.2) is 12.4 Å². The summed E-state index contributed by atoms with van der Waals surface area (Å²) in [5.74, 6) is -1.98. The maximum Gasteiger partial charge on any atom is 0.306 e. The molecule has 2 unspecified atom stereocenters. The van der Waals surface area contributed by atoms with Gasteiger partial charge in [-0.25, -0.2) is 0 Å². The van der Waals surface area contributed by atoms with Crippen LogP contribution in [0.3, 0.4) is 0 Å². The van der Waals surface area contributed by atoms with Crippen LogP contribution in [-0.4, -0.2) is 96.0 Å². The van der Waals surface area contributed by atoms with Crippen LogP contribution in [0.5, 0.6) is 0 Å². The summed E-state index contributed by atoms with van der Waals surface area (Å²) in [6.07, 6.45) is 33.5. The van der Waals surface area contributed by atoms with Gasteiger partial charge in [-0.2, -0.15) is 8.42 Å². The second-order valence-corrected chi connectivity index (χ2v) is 18.6. The third-order valence-corrected chi connectivity index (χ3v) is 12.0. The van der Waals surface area contributed by atoms with E-state index in [1.54, 1.807) is 0 Å². The van der Waals surface area contributed by atoms with E-state index in [1.165, 1.54) is 122 Å². The van der Waals surface area contributed by atoms with Crippen molar-refractivity contribution in [2.24, 2.45) is 0 Å². The maximum absolute atomic E-state index is 12.8. The van der Waals surface area contributed by atoms with Gasteiger partial charge < -0.3 is 34.3 Å². The molecule has 1 aliphatic rings. The molecule has 13 heteroatoms. The average Bonchev–Trinajstić information content (AvgIpc) is 3.22. The van der Waals surface area contributed by atoms with Gasteiger partial charge in [0.1, 0.15) is 36.8 Å². The van der Waals surface area contributed by atoms with Gasteiger partial charge in [0, 0.05) is 12.8 Å². The van der Waals surface area contributed by atoms with E-state index in [4.69, 9.17) is 18.9 Å². The third-order valence-electron chi connectivity index (χ3n) is 11.3. The van der Waals surface area contributed by atoms with Crippen molar-refractivity contribution in [1.82, 2.24) is 0 Å². The molecule has 1 rings (SSSR count). The van der Waals surface area contributed by atoms with Gasteiger partial charge in [-0.3, -0.25) is 14.1 Å². The van der Waals surface area contributed by atoms with Crippen LogP contribution in [-0.2, 0) is 38.7 Å². The molecule has 4 N–H and O–H groups in total. The monoisotopic (exact) mass is 889 g/mol. The molecule has 0 bridgehead atoms. The fourth-order valence-electron chi connectivity index (χ4n) is 7.47. The Bertz CT molecular complexity index is 1220. The van der Waals surface area contributed by atoms with Crippen LogP contribution in [0, 0.1) is 0 Å². The van der Waals surface area contributed by atoms with Crippen molar-refractivity contribution in [3.8, 4) is 0 Å². The average molecular weight is 889 g/mol. The Morgan fingerprint density at radius 1 is 0.557 bits per heavy atom. The van der Waals surface area contributed by atoms with Gasteiger partial charge in [-0.15, -0.1) is 0 Å². The number of ether oxygens (including phenoxy) is 4. The van der Waals surface area contributed by atoms with Crippen LogP contribution >= 0.6 is 0 Å². The molecule has 0 aliphatic carbocycles. The number of carbonyl (C=O) groups is 2. The molecule has 61 heavy (non-hydrogen) atoms. The lowest BCUT2D eigenvalue weighted by Crippen LogP contribution is -2.60. The number of hydrogen-bond acceptors (Lipinski definition) is 11. The van der Waals surface area contributed by atoms with Crippen LogP contribution in [0.4, 0.5) is 0 Å². The number of allylic oxidation sites excluding steroid dienone is 4. The highest BCUT2D eigenvalue weighted by Gasteiger charge is 2.46. The molecule has 358 valence electrons. The van der Waals surface area contributed by atoms with E-state index in [2.05, 4.69) is 38.2 Å². The Kier molecular flexibility index (Phi) is 36.1. The minimum absolute atomic E-state index is 0.162. The summed E-state index contributed by atoms with van der Waals surface area (Å²) in [5.41, 5.74) is 0. The van der Waals surface area contributed by atoms with E-state index in [-0.39, 0.29) is 19.4 Å². The Labute approximate surface area is 370 Å². The zero-order chi connectivity index (χ0) is 44.8. The third kappa shape index (κ3) is 33.3. The minimum Gasteiger partial charge on any atom is -0.462 e. The zero-order valence-electron chi connectivity index (χ0n) is 38.3. The van der Waals surface area contributed by atoms with Crippen molar-refractivity contribution in [1.29, 1.82) is 0 Å². The quantitative estimate of drug-likeness (QED) is 0.0197. The van der Waals surface area contributed by atoms with Crippen LogP contribution in [0.25, 0.3) is 0 Å². The van der Waals surface area contributed by atoms with E-state index in [0.717, 1.165) is 51.4 Å². The van der Waals surface area contributed by atoms with E-state index in [9.17, 15) is 37.9 Å². The molecule has 0 saturated carbocycles. The molecule has 0 radical (unpaired) electrons. The first-order chi connectivity index (χ1) is 29.5. The van der Waals surface area contributed by atoms with E-state index >= 15 is 0 Å². The predicted octanol–water partition coefficient (Wildman–Crippen LogP) is 10.4. The first-order valence-corrected chi connectivity index (χ1v) is 26.0. The fourth-order valence-corrected chi connectivity index (χ4v) is 8.16. The maximum atomic E-state index is 12.8. The van der Waals surface area contributed by atoms with Crippen molar-refractivity contribution >= 4 is 22.1 Å². The molecule has 0 aromatic rings. The highest BCUT2D eigenvalue weighted by Crippen LogP contribution is 2.24. The van der Waals surface area contributed by atoms with Gasteiger partial charge >= 0.3 is 11.9 Å². The minimum atomic E-state index is -4.60. The lowest BCUT2D eigenvalue weighted by atomic mass is 10.00. The van der Waals surface area contributed by atoms with E-state index < -0.39 is 71.2 Å².